The number of likely N-dealkylation sites (tertiary alicyclic amines) is 1. The van der Waals surface area contributed by atoms with Gasteiger partial charge in [-0.25, -0.2) is 9.97 Å². The van der Waals surface area contributed by atoms with Crippen molar-refractivity contribution in [1.82, 2.24) is 24.8 Å². The molecule has 0 unspecified atom stereocenters. The summed E-state index contributed by atoms with van der Waals surface area (Å²) in [5.74, 6) is 0.784. The van der Waals surface area contributed by atoms with Crippen LogP contribution in [0.4, 0.5) is 5.82 Å². The number of hydrogen-bond donors (Lipinski definition) is 1. The van der Waals surface area contributed by atoms with Crippen LogP contribution < -0.4 is 5.32 Å². The lowest BCUT2D eigenvalue weighted by Gasteiger charge is -2.32. The van der Waals surface area contributed by atoms with Gasteiger partial charge in [0, 0.05) is 37.7 Å². The Morgan fingerprint density at radius 1 is 1.17 bits per heavy atom. The van der Waals surface area contributed by atoms with Gasteiger partial charge in [-0.1, -0.05) is 0 Å². The Balaban J connectivity index is 1.58. The molecule has 1 aliphatic rings. The monoisotopic (exact) mass is 312 g/mol. The Bertz CT molecular complexity index is 682. The summed E-state index contributed by atoms with van der Waals surface area (Å²) in [5, 5.41) is 3.45. The van der Waals surface area contributed by atoms with Crippen molar-refractivity contribution in [3.05, 3.63) is 41.9 Å². The number of aryl methyl sites for hydroxylation is 2. The van der Waals surface area contributed by atoms with Gasteiger partial charge in [0.05, 0.1) is 17.6 Å². The van der Waals surface area contributed by atoms with E-state index in [1.807, 2.05) is 18.7 Å². The summed E-state index contributed by atoms with van der Waals surface area (Å²) in [6.45, 7) is 5.28. The number of nitrogens with zero attached hydrogens (tertiary/aromatic N) is 5. The van der Waals surface area contributed by atoms with Crippen molar-refractivity contribution in [3.8, 4) is 0 Å². The third-order valence-corrected chi connectivity index (χ3v) is 3.98. The summed E-state index contributed by atoms with van der Waals surface area (Å²) in [6.07, 6.45) is 8.14. The van der Waals surface area contributed by atoms with Crippen molar-refractivity contribution in [2.75, 3.05) is 18.4 Å². The number of hydrogen-bond acceptors (Lipinski definition) is 6. The maximum atomic E-state index is 12.3. The fraction of sp³-hybridized carbons (Fsp3) is 0.438. The van der Waals surface area contributed by atoms with Crippen LogP contribution in [0.1, 0.15) is 34.7 Å². The van der Waals surface area contributed by atoms with Crippen LogP contribution in [0.2, 0.25) is 0 Å². The molecule has 3 rings (SSSR count). The van der Waals surface area contributed by atoms with E-state index in [0.717, 1.165) is 30.0 Å². The molecule has 7 nitrogen and oxygen atoms in total. The molecule has 3 heterocycles. The first-order valence-corrected chi connectivity index (χ1v) is 7.75. The van der Waals surface area contributed by atoms with Crippen LogP contribution in [0.15, 0.2) is 24.8 Å². The van der Waals surface area contributed by atoms with E-state index in [1.165, 1.54) is 6.20 Å². The molecule has 23 heavy (non-hydrogen) atoms. The molecule has 1 aliphatic heterocycles. The van der Waals surface area contributed by atoms with Gasteiger partial charge in [-0.15, -0.1) is 0 Å². The van der Waals surface area contributed by atoms with Gasteiger partial charge >= 0.3 is 0 Å². The summed E-state index contributed by atoms with van der Waals surface area (Å²) in [7, 11) is 0. The molecule has 1 saturated heterocycles. The van der Waals surface area contributed by atoms with Crippen LogP contribution in [-0.4, -0.2) is 49.9 Å². The molecule has 1 N–H and O–H groups in total. The van der Waals surface area contributed by atoms with Crippen LogP contribution in [0.3, 0.4) is 0 Å². The van der Waals surface area contributed by atoms with Gasteiger partial charge in [-0.3, -0.25) is 14.8 Å². The van der Waals surface area contributed by atoms with E-state index in [2.05, 4.69) is 25.3 Å². The summed E-state index contributed by atoms with van der Waals surface area (Å²) >= 11 is 0. The Kier molecular flexibility index (Phi) is 4.45. The SMILES string of the molecule is Cc1cnc(C)c(NC2CCN(C(=O)c3cnccn3)CC2)n1. The minimum absolute atomic E-state index is 0.0527. The third-order valence-electron chi connectivity index (χ3n) is 3.98. The molecular weight excluding hydrogens is 292 g/mol. The Labute approximate surface area is 135 Å². The molecular formula is C16H20N6O. The second kappa shape index (κ2) is 6.68. The number of nitrogens with one attached hydrogen (secondary N) is 1. The number of rotatable bonds is 3. The van der Waals surface area contributed by atoms with Gasteiger partial charge in [0.2, 0.25) is 0 Å². The van der Waals surface area contributed by atoms with Gasteiger partial charge < -0.3 is 10.2 Å². The number of piperidine rings is 1. The van der Waals surface area contributed by atoms with Crippen LogP contribution in [0, 0.1) is 13.8 Å². The van der Waals surface area contributed by atoms with E-state index < -0.39 is 0 Å². The van der Waals surface area contributed by atoms with Crippen molar-refractivity contribution in [1.29, 1.82) is 0 Å². The first-order chi connectivity index (χ1) is 11.1. The highest BCUT2D eigenvalue weighted by Crippen LogP contribution is 2.18. The first-order valence-electron chi connectivity index (χ1n) is 7.75. The van der Waals surface area contributed by atoms with Crippen LogP contribution in [-0.2, 0) is 0 Å². The highest BCUT2D eigenvalue weighted by atomic mass is 16.2. The number of carbonyl (C=O) groups is 1. The van der Waals surface area contributed by atoms with Gasteiger partial charge in [0.25, 0.3) is 5.91 Å². The van der Waals surface area contributed by atoms with E-state index in [4.69, 9.17) is 0 Å². The number of carbonyl (C=O) groups excluding carboxylic acids is 1. The molecule has 7 heteroatoms. The van der Waals surface area contributed by atoms with Gasteiger partial charge in [0.15, 0.2) is 0 Å². The molecule has 0 aliphatic carbocycles. The minimum atomic E-state index is -0.0527. The highest BCUT2D eigenvalue weighted by molar-refractivity contribution is 5.92. The molecule has 0 saturated carbocycles. The fourth-order valence-corrected chi connectivity index (χ4v) is 2.67. The molecule has 0 aromatic carbocycles. The lowest BCUT2D eigenvalue weighted by molar-refractivity contribution is 0.0712. The molecule has 2 aromatic heterocycles. The lowest BCUT2D eigenvalue weighted by Crippen LogP contribution is -2.42. The number of anilines is 1. The molecule has 0 bridgehead atoms. The quantitative estimate of drug-likeness (QED) is 0.927. The minimum Gasteiger partial charge on any atom is -0.366 e. The Morgan fingerprint density at radius 3 is 2.65 bits per heavy atom. The number of aromatic nitrogens is 4. The van der Waals surface area contributed by atoms with E-state index in [0.29, 0.717) is 24.8 Å². The van der Waals surface area contributed by atoms with Gasteiger partial charge in [0.1, 0.15) is 11.5 Å². The topological polar surface area (TPSA) is 83.9 Å². The average Bonchev–Trinajstić information content (AvgIpc) is 2.59. The van der Waals surface area contributed by atoms with E-state index in [-0.39, 0.29) is 5.91 Å². The Hall–Kier alpha value is -2.57. The smallest absolute Gasteiger partial charge is 0.274 e. The molecule has 120 valence electrons. The molecule has 0 radical (unpaired) electrons. The standard InChI is InChI=1S/C16H20N6O/c1-11-9-19-12(2)15(20-11)21-13-3-7-22(8-4-13)16(23)14-10-17-5-6-18-14/h5-6,9-10,13H,3-4,7-8H2,1-2H3,(H,20,21). The average molecular weight is 312 g/mol. The largest absolute Gasteiger partial charge is 0.366 e. The first kappa shape index (κ1) is 15.3. The zero-order chi connectivity index (χ0) is 16.2. The normalized spacial score (nSPS) is 15.5. The van der Waals surface area contributed by atoms with E-state index in [1.54, 1.807) is 18.6 Å². The summed E-state index contributed by atoms with van der Waals surface area (Å²) in [4.78, 5) is 31.0. The van der Waals surface area contributed by atoms with E-state index in [9.17, 15) is 4.79 Å². The van der Waals surface area contributed by atoms with Crippen LogP contribution in [0.5, 0.6) is 0 Å². The zero-order valence-corrected chi connectivity index (χ0v) is 13.4. The third kappa shape index (κ3) is 3.61. The second-order valence-electron chi connectivity index (χ2n) is 5.75. The molecule has 1 fully saturated rings. The Morgan fingerprint density at radius 2 is 1.96 bits per heavy atom. The van der Waals surface area contributed by atoms with Crippen molar-refractivity contribution >= 4 is 11.7 Å². The van der Waals surface area contributed by atoms with Crippen molar-refractivity contribution in [3.63, 3.8) is 0 Å². The summed E-state index contributed by atoms with van der Waals surface area (Å²) < 4.78 is 0. The lowest BCUT2D eigenvalue weighted by atomic mass is 10.0. The molecule has 0 spiro atoms. The zero-order valence-electron chi connectivity index (χ0n) is 13.4. The second-order valence-corrected chi connectivity index (χ2v) is 5.75. The molecule has 2 aromatic rings. The van der Waals surface area contributed by atoms with Crippen LogP contribution >= 0.6 is 0 Å². The van der Waals surface area contributed by atoms with Crippen LogP contribution in [0.25, 0.3) is 0 Å². The maximum Gasteiger partial charge on any atom is 0.274 e. The molecule has 1 amide bonds. The summed E-state index contributed by atoms with van der Waals surface area (Å²) in [5.41, 5.74) is 2.20. The van der Waals surface area contributed by atoms with Gasteiger partial charge in [-0.2, -0.15) is 0 Å². The fourth-order valence-electron chi connectivity index (χ4n) is 2.67. The number of amides is 1. The van der Waals surface area contributed by atoms with Crippen molar-refractivity contribution in [2.45, 2.75) is 32.7 Å². The predicted molar refractivity (Wildman–Crippen MR) is 86.1 cm³/mol. The summed E-state index contributed by atoms with van der Waals surface area (Å²) in [6, 6.07) is 0.302. The van der Waals surface area contributed by atoms with E-state index >= 15 is 0 Å². The van der Waals surface area contributed by atoms with Crippen molar-refractivity contribution in [2.24, 2.45) is 0 Å². The molecule has 0 atom stereocenters. The van der Waals surface area contributed by atoms with Gasteiger partial charge in [-0.05, 0) is 26.7 Å². The highest BCUT2D eigenvalue weighted by Gasteiger charge is 2.24. The predicted octanol–water partition coefficient (Wildman–Crippen LogP) is 1.60. The maximum absolute atomic E-state index is 12.3. The van der Waals surface area contributed by atoms with Crippen molar-refractivity contribution < 1.29 is 4.79 Å².